The van der Waals surface area contributed by atoms with Crippen LogP contribution >= 0.6 is 27.3 Å². The van der Waals surface area contributed by atoms with Crippen molar-refractivity contribution in [1.29, 1.82) is 0 Å². The Bertz CT molecular complexity index is 561. The predicted molar refractivity (Wildman–Crippen MR) is 77.7 cm³/mol. The molecule has 0 aliphatic heterocycles. The summed E-state index contributed by atoms with van der Waals surface area (Å²) < 4.78 is 6.09. The van der Waals surface area contributed by atoms with Gasteiger partial charge in [0.15, 0.2) is 0 Å². The van der Waals surface area contributed by atoms with Crippen molar-refractivity contribution < 1.29 is 9.53 Å². The largest absolute Gasteiger partial charge is 0.497 e. The molecule has 0 aliphatic rings. The maximum Gasteiger partial charge on any atom is 0.265 e. The van der Waals surface area contributed by atoms with E-state index in [2.05, 4.69) is 21.2 Å². The smallest absolute Gasteiger partial charge is 0.265 e. The molecular weight excluding hydrogens is 314 g/mol. The SMILES string of the molecule is COc1cccc(NC(=O)c2cc(C)c(Br)s2)c1. The van der Waals surface area contributed by atoms with E-state index in [9.17, 15) is 4.79 Å². The molecule has 2 aromatic rings. The molecule has 2 rings (SSSR count). The number of carbonyl (C=O) groups excluding carboxylic acids is 1. The minimum atomic E-state index is -0.109. The molecule has 0 saturated carbocycles. The Morgan fingerprint density at radius 1 is 1.39 bits per heavy atom. The average molecular weight is 326 g/mol. The van der Waals surface area contributed by atoms with Gasteiger partial charge in [-0.2, -0.15) is 0 Å². The molecule has 0 radical (unpaired) electrons. The number of ether oxygens (including phenoxy) is 1. The summed E-state index contributed by atoms with van der Waals surface area (Å²) in [6.45, 7) is 1.96. The zero-order valence-electron chi connectivity index (χ0n) is 9.99. The predicted octanol–water partition coefficient (Wildman–Crippen LogP) is 4.08. The summed E-state index contributed by atoms with van der Waals surface area (Å²) in [7, 11) is 1.60. The van der Waals surface area contributed by atoms with Crippen LogP contribution in [0, 0.1) is 6.92 Å². The van der Waals surface area contributed by atoms with Crippen molar-refractivity contribution in [3.63, 3.8) is 0 Å². The molecule has 1 heterocycles. The highest BCUT2D eigenvalue weighted by molar-refractivity contribution is 9.11. The molecule has 94 valence electrons. The van der Waals surface area contributed by atoms with Gasteiger partial charge in [-0.25, -0.2) is 0 Å². The van der Waals surface area contributed by atoms with Gasteiger partial charge in [0.05, 0.1) is 15.8 Å². The monoisotopic (exact) mass is 325 g/mol. The molecule has 0 unspecified atom stereocenters. The van der Waals surface area contributed by atoms with E-state index in [1.54, 1.807) is 13.2 Å². The first kappa shape index (κ1) is 13.1. The number of halogens is 1. The lowest BCUT2D eigenvalue weighted by molar-refractivity contribution is 0.103. The number of anilines is 1. The van der Waals surface area contributed by atoms with Gasteiger partial charge in [0, 0.05) is 11.8 Å². The zero-order valence-corrected chi connectivity index (χ0v) is 12.4. The fraction of sp³-hybridized carbons (Fsp3) is 0.154. The van der Waals surface area contributed by atoms with E-state index in [1.807, 2.05) is 31.2 Å². The molecule has 0 aliphatic carbocycles. The van der Waals surface area contributed by atoms with Gasteiger partial charge in [0.1, 0.15) is 5.75 Å². The first-order valence-corrected chi connectivity index (χ1v) is 6.92. The van der Waals surface area contributed by atoms with Gasteiger partial charge in [-0.05, 0) is 46.6 Å². The third-order valence-corrected chi connectivity index (χ3v) is 4.54. The van der Waals surface area contributed by atoms with Gasteiger partial charge in [0.25, 0.3) is 5.91 Å². The molecule has 0 spiro atoms. The summed E-state index contributed by atoms with van der Waals surface area (Å²) in [6, 6.07) is 9.15. The van der Waals surface area contributed by atoms with Gasteiger partial charge in [-0.15, -0.1) is 11.3 Å². The summed E-state index contributed by atoms with van der Waals surface area (Å²) in [5.74, 6) is 0.610. The van der Waals surface area contributed by atoms with E-state index < -0.39 is 0 Å². The fourth-order valence-electron chi connectivity index (χ4n) is 1.47. The Hall–Kier alpha value is -1.33. The summed E-state index contributed by atoms with van der Waals surface area (Å²) >= 11 is 4.84. The van der Waals surface area contributed by atoms with E-state index in [0.29, 0.717) is 4.88 Å². The first-order valence-electron chi connectivity index (χ1n) is 5.31. The molecule has 0 saturated heterocycles. The second-order valence-electron chi connectivity index (χ2n) is 3.75. The lowest BCUT2D eigenvalue weighted by atomic mass is 10.3. The second kappa shape index (κ2) is 5.54. The van der Waals surface area contributed by atoms with Crippen LogP contribution in [0.1, 0.15) is 15.2 Å². The number of hydrogen-bond donors (Lipinski definition) is 1. The molecule has 0 bridgehead atoms. The molecule has 5 heteroatoms. The number of hydrogen-bond acceptors (Lipinski definition) is 3. The number of rotatable bonds is 3. The van der Waals surface area contributed by atoms with Crippen molar-refractivity contribution in [2.75, 3.05) is 12.4 Å². The van der Waals surface area contributed by atoms with Crippen LogP contribution < -0.4 is 10.1 Å². The van der Waals surface area contributed by atoms with Crippen LogP contribution in [0.5, 0.6) is 5.75 Å². The van der Waals surface area contributed by atoms with Crippen LogP contribution in [0.2, 0.25) is 0 Å². The van der Waals surface area contributed by atoms with E-state index in [0.717, 1.165) is 20.8 Å². The third kappa shape index (κ3) is 2.91. The third-order valence-electron chi connectivity index (χ3n) is 2.41. The van der Waals surface area contributed by atoms with Gasteiger partial charge >= 0.3 is 0 Å². The van der Waals surface area contributed by atoms with E-state index in [-0.39, 0.29) is 5.91 Å². The van der Waals surface area contributed by atoms with E-state index in [1.165, 1.54) is 11.3 Å². The fourth-order valence-corrected chi connectivity index (χ4v) is 2.90. The minimum Gasteiger partial charge on any atom is -0.497 e. The number of benzene rings is 1. The number of nitrogens with one attached hydrogen (secondary N) is 1. The van der Waals surface area contributed by atoms with Crippen molar-refractivity contribution >= 4 is 38.9 Å². The highest BCUT2D eigenvalue weighted by atomic mass is 79.9. The van der Waals surface area contributed by atoms with Crippen molar-refractivity contribution in [1.82, 2.24) is 0 Å². The van der Waals surface area contributed by atoms with Gasteiger partial charge in [-0.3, -0.25) is 4.79 Å². The molecule has 1 N–H and O–H groups in total. The summed E-state index contributed by atoms with van der Waals surface area (Å²) in [6.07, 6.45) is 0. The summed E-state index contributed by atoms with van der Waals surface area (Å²) in [5, 5.41) is 2.84. The van der Waals surface area contributed by atoms with Crippen LogP contribution in [-0.2, 0) is 0 Å². The maximum absolute atomic E-state index is 12.0. The molecular formula is C13H12BrNO2S. The standard InChI is InChI=1S/C13H12BrNO2S/c1-8-6-11(18-12(8)14)13(16)15-9-4-3-5-10(7-9)17-2/h3-7H,1-2H3,(H,15,16). The zero-order chi connectivity index (χ0) is 13.1. The highest BCUT2D eigenvalue weighted by Gasteiger charge is 2.11. The molecule has 1 aromatic heterocycles. The van der Waals surface area contributed by atoms with Crippen molar-refractivity contribution in [3.8, 4) is 5.75 Å². The Balaban J connectivity index is 2.15. The lowest BCUT2D eigenvalue weighted by Gasteiger charge is -2.05. The highest BCUT2D eigenvalue weighted by Crippen LogP contribution is 2.28. The first-order chi connectivity index (χ1) is 8.60. The molecule has 1 aromatic carbocycles. The number of carbonyl (C=O) groups is 1. The van der Waals surface area contributed by atoms with Crippen LogP contribution in [0.15, 0.2) is 34.1 Å². The van der Waals surface area contributed by atoms with Crippen LogP contribution in [0.3, 0.4) is 0 Å². The van der Waals surface area contributed by atoms with Gasteiger partial charge in [-0.1, -0.05) is 6.07 Å². The number of amides is 1. The van der Waals surface area contributed by atoms with Crippen molar-refractivity contribution in [2.45, 2.75) is 6.92 Å². The van der Waals surface area contributed by atoms with E-state index in [4.69, 9.17) is 4.74 Å². The van der Waals surface area contributed by atoms with E-state index >= 15 is 0 Å². The molecule has 0 atom stereocenters. The van der Waals surface area contributed by atoms with Crippen LogP contribution in [0.25, 0.3) is 0 Å². The molecule has 3 nitrogen and oxygen atoms in total. The lowest BCUT2D eigenvalue weighted by Crippen LogP contribution is -2.10. The van der Waals surface area contributed by atoms with Crippen molar-refractivity contribution in [2.24, 2.45) is 0 Å². The second-order valence-corrected chi connectivity index (χ2v) is 6.12. The number of aryl methyl sites for hydroxylation is 1. The summed E-state index contributed by atoms with van der Waals surface area (Å²) in [4.78, 5) is 12.7. The summed E-state index contributed by atoms with van der Waals surface area (Å²) in [5.41, 5.74) is 1.79. The Morgan fingerprint density at radius 3 is 2.78 bits per heavy atom. The quantitative estimate of drug-likeness (QED) is 0.923. The molecule has 0 fully saturated rings. The van der Waals surface area contributed by atoms with Crippen molar-refractivity contribution in [3.05, 3.63) is 44.6 Å². The van der Waals surface area contributed by atoms with Gasteiger partial charge < -0.3 is 10.1 Å². The van der Waals surface area contributed by atoms with Crippen LogP contribution in [-0.4, -0.2) is 13.0 Å². The Morgan fingerprint density at radius 2 is 2.17 bits per heavy atom. The molecule has 18 heavy (non-hydrogen) atoms. The maximum atomic E-state index is 12.0. The topological polar surface area (TPSA) is 38.3 Å². The Labute approximate surface area is 118 Å². The molecule has 1 amide bonds. The number of methoxy groups -OCH3 is 1. The van der Waals surface area contributed by atoms with Gasteiger partial charge in [0.2, 0.25) is 0 Å². The minimum absolute atomic E-state index is 0.109. The Kier molecular flexibility index (Phi) is 4.04. The van der Waals surface area contributed by atoms with Crippen LogP contribution in [0.4, 0.5) is 5.69 Å². The normalized spacial score (nSPS) is 10.2. The average Bonchev–Trinajstić information content (AvgIpc) is 2.70. The number of thiophene rings is 1.